The minimum absolute atomic E-state index is 0.157. The molecule has 0 aromatic heterocycles. The summed E-state index contributed by atoms with van der Waals surface area (Å²) in [4.78, 5) is 0. The van der Waals surface area contributed by atoms with E-state index in [1.165, 1.54) is 36.1 Å². The fraction of sp³-hybridized carbons (Fsp3) is 0.500. The van der Waals surface area contributed by atoms with Gasteiger partial charge in [0.05, 0.1) is 8.80 Å². The van der Waals surface area contributed by atoms with Gasteiger partial charge in [-0.15, -0.1) is 0 Å². The van der Waals surface area contributed by atoms with Crippen molar-refractivity contribution in [1.82, 2.24) is 0 Å². The summed E-state index contributed by atoms with van der Waals surface area (Å²) in [5.74, 6) is 0. The van der Waals surface area contributed by atoms with Crippen molar-refractivity contribution >= 4 is 14.9 Å². The van der Waals surface area contributed by atoms with E-state index in [9.17, 15) is 0 Å². The molecule has 2 aliphatic rings. The third-order valence-corrected chi connectivity index (χ3v) is 8.05. The average Bonchev–Trinajstić information content (AvgIpc) is 2.90. The maximum absolute atomic E-state index is 2.47. The Balaban J connectivity index is 2.10. The van der Waals surface area contributed by atoms with E-state index in [0.717, 1.165) is 5.54 Å². The molecule has 1 heterocycles. The second-order valence-corrected chi connectivity index (χ2v) is 8.61. The summed E-state index contributed by atoms with van der Waals surface area (Å²) in [5.41, 5.74) is 8.71. The molecule has 1 heteroatoms. The lowest BCUT2D eigenvalue weighted by Crippen LogP contribution is -2.20. The summed E-state index contributed by atoms with van der Waals surface area (Å²) in [7, 11) is -0.157. The molecular formula is C16H21Si. The lowest BCUT2D eigenvalue weighted by molar-refractivity contribution is 0.935. The molecule has 0 amide bonds. The highest BCUT2D eigenvalue weighted by Crippen LogP contribution is 2.44. The van der Waals surface area contributed by atoms with Gasteiger partial charge in [-0.25, -0.2) is 0 Å². The second kappa shape index (κ2) is 4.13. The smallest absolute Gasteiger partial charge is 0.0616 e. The first-order valence-corrected chi connectivity index (χ1v) is 8.80. The summed E-state index contributed by atoms with van der Waals surface area (Å²) in [6, 6.07) is 7.68. The van der Waals surface area contributed by atoms with Crippen LogP contribution in [0, 0.1) is 13.8 Å². The van der Waals surface area contributed by atoms with Gasteiger partial charge in [0.2, 0.25) is 0 Å². The van der Waals surface area contributed by atoms with Crippen LogP contribution in [-0.4, -0.2) is 8.80 Å². The van der Waals surface area contributed by atoms with Crippen molar-refractivity contribution in [2.24, 2.45) is 0 Å². The molecule has 17 heavy (non-hydrogen) atoms. The van der Waals surface area contributed by atoms with E-state index in [4.69, 9.17) is 0 Å². The van der Waals surface area contributed by atoms with Gasteiger partial charge in [-0.1, -0.05) is 48.7 Å². The zero-order valence-corrected chi connectivity index (χ0v) is 12.1. The molecule has 1 aromatic carbocycles. The number of fused-ring (bicyclic) bond motifs is 1. The Morgan fingerprint density at radius 3 is 2.35 bits per heavy atom. The van der Waals surface area contributed by atoms with Crippen LogP contribution in [0.1, 0.15) is 47.6 Å². The van der Waals surface area contributed by atoms with Gasteiger partial charge in [-0.2, -0.15) is 0 Å². The van der Waals surface area contributed by atoms with Crippen LogP contribution in [0.4, 0.5) is 0 Å². The molecule has 89 valence electrons. The van der Waals surface area contributed by atoms with Gasteiger partial charge in [0, 0.05) is 0 Å². The number of hydrogen-bond acceptors (Lipinski definition) is 0. The minimum Gasteiger partial charge on any atom is -0.0682 e. The first-order chi connectivity index (χ1) is 8.18. The third-order valence-electron chi connectivity index (χ3n) is 4.49. The maximum atomic E-state index is 2.47. The quantitative estimate of drug-likeness (QED) is 0.629. The van der Waals surface area contributed by atoms with Gasteiger partial charge < -0.3 is 0 Å². The molecule has 1 atom stereocenters. The van der Waals surface area contributed by atoms with Crippen LogP contribution in [0.2, 0.25) is 12.1 Å². The summed E-state index contributed by atoms with van der Waals surface area (Å²) >= 11 is 0. The van der Waals surface area contributed by atoms with Gasteiger partial charge in [0.15, 0.2) is 0 Å². The Morgan fingerprint density at radius 1 is 1.00 bits per heavy atom. The van der Waals surface area contributed by atoms with Crippen molar-refractivity contribution in [3.05, 3.63) is 40.0 Å². The first kappa shape index (κ1) is 11.3. The van der Waals surface area contributed by atoms with E-state index in [2.05, 4.69) is 39.0 Å². The zero-order chi connectivity index (χ0) is 12.0. The van der Waals surface area contributed by atoms with Crippen LogP contribution < -0.4 is 0 Å². The largest absolute Gasteiger partial charge is 0.0682 e. The van der Waals surface area contributed by atoms with E-state index < -0.39 is 0 Å². The molecule has 0 spiro atoms. The van der Waals surface area contributed by atoms with Crippen molar-refractivity contribution in [2.45, 2.75) is 51.2 Å². The van der Waals surface area contributed by atoms with Crippen LogP contribution in [0.5, 0.6) is 0 Å². The topological polar surface area (TPSA) is 0 Å². The normalized spacial score (nSPS) is 23.9. The molecule has 1 aromatic rings. The fourth-order valence-electron chi connectivity index (χ4n) is 3.61. The lowest BCUT2D eigenvalue weighted by Gasteiger charge is -2.22. The molecule has 1 unspecified atom stereocenters. The van der Waals surface area contributed by atoms with Crippen molar-refractivity contribution < 1.29 is 0 Å². The maximum Gasteiger partial charge on any atom is 0.0616 e. The summed E-state index contributed by atoms with van der Waals surface area (Å²) < 4.78 is 0. The van der Waals surface area contributed by atoms with Crippen LogP contribution >= 0.6 is 0 Å². The molecule has 3 rings (SSSR count). The molecule has 0 bridgehead atoms. The molecule has 0 nitrogen and oxygen atoms in total. The number of aryl methyl sites for hydroxylation is 2. The van der Waals surface area contributed by atoms with Crippen molar-refractivity contribution in [3.63, 3.8) is 0 Å². The van der Waals surface area contributed by atoms with Gasteiger partial charge in [0.25, 0.3) is 0 Å². The van der Waals surface area contributed by atoms with Gasteiger partial charge in [-0.05, 0) is 48.6 Å². The summed E-state index contributed by atoms with van der Waals surface area (Å²) in [6.45, 7) is 6.92. The van der Waals surface area contributed by atoms with Crippen molar-refractivity contribution in [2.75, 3.05) is 0 Å². The SMILES string of the molecule is CC1=Cc2c(C)ccc(C)c2C1[Si]1CCCC1. The third kappa shape index (κ3) is 1.72. The van der Waals surface area contributed by atoms with E-state index in [0.29, 0.717) is 0 Å². The molecule has 1 fully saturated rings. The molecule has 1 aliphatic carbocycles. The zero-order valence-electron chi connectivity index (χ0n) is 11.1. The molecule has 1 aliphatic heterocycles. The second-order valence-electron chi connectivity index (χ2n) is 5.71. The summed E-state index contributed by atoms with van der Waals surface area (Å²) in [6.07, 6.45) is 5.44. The van der Waals surface area contributed by atoms with Crippen LogP contribution in [0.3, 0.4) is 0 Å². The Labute approximate surface area is 106 Å². The number of benzene rings is 1. The fourth-order valence-corrected chi connectivity index (χ4v) is 7.37. The average molecular weight is 241 g/mol. The number of rotatable bonds is 1. The highest BCUT2D eigenvalue weighted by atomic mass is 28.3. The first-order valence-electron chi connectivity index (χ1n) is 6.81. The van der Waals surface area contributed by atoms with E-state index in [-0.39, 0.29) is 8.80 Å². The molecular weight excluding hydrogens is 220 g/mol. The highest BCUT2D eigenvalue weighted by Gasteiger charge is 2.34. The van der Waals surface area contributed by atoms with Gasteiger partial charge >= 0.3 is 0 Å². The van der Waals surface area contributed by atoms with Crippen LogP contribution in [-0.2, 0) is 0 Å². The Kier molecular flexibility index (Phi) is 2.74. The molecule has 1 radical (unpaired) electrons. The minimum atomic E-state index is -0.157. The number of hydrogen-bond donors (Lipinski definition) is 0. The van der Waals surface area contributed by atoms with Crippen molar-refractivity contribution in [3.8, 4) is 0 Å². The van der Waals surface area contributed by atoms with Crippen LogP contribution in [0.25, 0.3) is 6.08 Å². The monoisotopic (exact) mass is 241 g/mol. The summed E-state index contributed by atoms with van der Waals surface area (Å²) in [5, 5.41) is 0. The van der Waals surface area contributed by atoms with Crippen LogP contribution in [0.15, 0.2) is 17.7 Å². The predicted octanol–water partition coefficient (Wildman–Crippen LogP) is 4.63. The Hall–Kier alpha value is -0.823. The lowest BCUT2D eigenvalue weighted by atomic mass is 9.99. The van der Waals surface area contributed by atoms with Crippen molar-refractivity contribution in [1.29, 1.82) is 0 Å². The Morgan fingerprint density at radius 2 is 1.65 bits per heavy atom. The molecule has 1 saturated heterocycles. The standard InChI is InChI=1S/C16H21Si/c1-11-6-7-12(2)15-14(11)10-13(3)16(15)17-8-4-5-9-17/h6-7,10,16H,4-5,8-9H2,1-3H3. The molecule has 0 N–H and O–H groups in total. The van der Waals surface area contributed by atoms with E-state index in [1.807, 2.05) is 0 Å². The molecule has 0 saturated carbocycles. The highest BCUT2D eigenvalue weighted by molar-refractivity contribution is 6.62. The van der Waals surface area contributed by atoms with E-state index >= 15 is 0 Å². The number of allylic oxidation sites excluding steroid dienone is 1. The van der Waals surface area contributed by atoms with Gasteiger partial charge in [-0.3, -0.25) is 0 Å². The Bertz CT molecular complexity index is 479. The van der Waals surface area contributed by atoms with Gasteiger partial charge in [0.1, 0.15) is 0 Å². The van der Waals surface area contributed by atoms with E-state index in [1.54, 1.807) is 16.7 Å². The predicted molar refractivity (Wildman–Crippen MR) is 76.9 cm³/mol.